The zero-order chi connectivity index (χ0) is 11.3. The van der Waals surface area contributed by atoms with Crippen LogP contribution in [0.1, 0.15) is 17.3 Å². The van der Waals surface area contributed by atoms with E-state index in [-0.39, 0.29) is 17.9 Å². The summed E-state index contributed by atoms with van der Waals surface area (Å²) in [5, 5.41) is 8.84. The van der Waals surface area contributed by atoms with Crippen molar-refractivity contribution >= 4 is 17.6 Å². The summed E-state index contributed by atoms with van der Waals surface area (Å²) >= 11 is 5.45. The van der Waals surface area contributed by atoms with Gasteiger partial charge in [0, 0.05) is 11.7 Å². The molecule has 0 unspecified atom stereocenters. The van der Waals surface area contributed by atoms with Crippen LogP contribution in [-0.4, -0.2) is 22.7 Å². The highest BCUT2D eigenvalue weighted by atomic mass is 35.5. The number of hydrogen-bond acceptors (Lipinski definition) is 3. The normalized spacial score (nSPS) is 11.2. The SMILES string of the molecule is C/C(=C/Cl)COc1cnccc1C(=O)O. The molecule has 80 valence electrons. The van der Waals surface area contributed by atoms with Gasteiger partial charge in [0.25, 0.3) is 0 Å². The van der Waals surface area contributed by atoms with Crippen molar-refractivity contribution in [2.75, 3.05) is 6.61 Å². The fraction of sp³-hybridized carbons (Fsp3) is 0.200. The van der Waals surface area contributed by atoms with Gasteiger partial charge in [-0.15, -0.1) is 0 Å². The largest absolute Gasteiger partial charge is 0.487 e. The van der Waals surface area contributed by atoms with E-state index in [0.29, 0.717) is 0 Å². The van der Waals surface area contributed by atoms with Crippen LogP contribution >= 0.6 is 11.6 Å². The molecule has 1 N–H and O–H groups in total. The third-order valence-corrected chi connectivity index (χ3v) is 2.03. The third kappa shape index (κ3) is 3.25. The monoisotopic (exact) mass is 227 g/mol. The van der Waals surface area contributed by atoms with Crippen LogP contribution in [0.5, 0.6) is 5.75 Å². The summed E-state index contributed by atoms with van der Waals surface area (Å²) in [4.78, 5) is 14.6. The van der Waals surface area contributed by atoms with Crippen molar-refractivity contribution in [1.29, 1.82) is 0 Å². The molecule has 0 bridgehead atoms. The van der Waals surface area contributed by atoms with E-state index in [1.807, 2.05) is 0 Å². The second-order valence-corrected chi connectivity index (χ2v) is 3.14. The Kier molecular flexibility index (Phi) is 4.12. The first-order valence-corrected chi connectivity index (χ1v) is 4.64. The number of aromatic carboxylic acids is 1. The van der Waals surface area contributed by atoms with Gasteiger partial charge in [0.1, 0.15) is 12.2 Å². The molecule has 0 aliphatic rings. The minimum Gasteiger partial charge on any atom is -0.487 e. The lowest BCUT2D eigenvalue weighted by Gasteiger charge is -2.07. The molecule has 0 amide bonds. The second-order valence-electron chi connectivity index (χ2n) is 2.92. The molecular formula is C10H10ClNO3. The Labute approximate surface area is 92.2 Å². The van der Waals surface area contributed by atoms with Gasteiger partial charge in [0.05, 0.1) is 6.20 Å². The molecule has 0 aliphatic heterocycles. The van der Waals surface area contributed by atoms with E-state index in [1.54, 1.807) is 6.92 Å². The minimum atomic E-state index is -1.04. The maximum Gasteiger partial charge on any atom is 0.339 e. The Hall–Kier alpha value is -1.55. The predicted octanol–water partition coefficient (Wildman–Crippen LogP) is 2.30. The van der Waals surface area contributed by atoms with Gasteiger partial charge in [-0.2, -0.15) is 0 Å². The van der Waals surface area contributed by atoms with Crippen molar-refractivity contribution in [2.24, 2.45) is 0 Å². The summed E-state index contributed by atoms with van der Waals surface area (Å²) in [7, 11) is 0. The molecule has 0 spiro atoms. The third-order valence-electron chi connectivity index (χ3n) is 1.66. The van der Waals surface area contributed by atoms with Gasteiger partial charge in [0.15, 0.2) is 5.75 Å². The van der Waals surface area contributed by atoms with E-state index in [4.69, 9.17) is 21.4 Å². The molecule has 0 fully saturated rings. The van der Waals surface area contributed by atoms with Crippen molar-refractivity contribution in [1.82, 2.24) is 4.98 Å². The van der Waals surface area contributed by atoms with Crippen molar-refractivity contribution in [3.63, 3.8) is 0 Å². The van der Waals surface area contributed by atoms with Crippen molar-refractivity contribution in [3.8, 4) is 5.75 Å². The molecule has 0 aliphatic carbocycles. The maximum atomic E-state index is 10.8. The summed E-state index contributed by atoms with van der Waals surface area (Å²) in [5.74, 6) is -0.803. The van der Waals surface area contributed by atoms with E-state index in [9.17, 15) is 4.79 Å². The molecule has 0 atom stereocenters. The standard InChI is InChI=1S/C10H10ClNO3/c1-7(4-11)6-15-9-5-12-3-2-8(9)10(13)14/h2-5H,6H2,1H3,(H,13,14)/b7-4-. The lowest BCUT2D eigenvalue weighted by atomic mass is 10.2. The predicted molar refractivity (Wildman–Crippen MR) is 56.3 cm³/mol. The van der Waals surface area contributed by atoms with Crippen LogP contribution in [-0.2, 0) is 0 Å². The first kappa shape index (κ1) is 11.5. The Morgan fingerprint density at radius 1 is 1.73 bits per heavy atom. The van der Waals surface area contributed by atoms with Gasteiger partial charge < -0.3 is 9.84 Å². The fourth-order valence-electron chi connectivity index (χ4n) is 0.895. The average molecular weight is 228 g/mol. The molecule has 15 heavy (non-hydrogen) atoms. The smallest absolute Gasteiger partial charge is 0.339 e. The van der Waals surface area contributed by atoms with Gasteiger partial charge in [-0.25, -0.2) is 4.79 Å². The summed E-state index contributed by atoms with van der Waals surface area (Å²) in [6.45, 7) is 2.03. The number of halogens is 1. The molecule has 1 aromatic rings. The Morgan fingerprint density at radius 2 is 2.47 bits per heavy atom. The number of ether oxygens (including phenoxy) is 1. The Morgan fingerprint density at radius 3 is 3.07 bits per heavy atom. The number of carboxylic acids is 1. The van der Waals surface area contributed by atoms with E-state index >= 15 is 0 Å². The lowest BCUT2D eigenvalue weighted by Crippen LogP contribution is -2.05. The highest BCUT2D eigenvalue weighted by Crippen LogP contribution is 2.16. The molecule has 1 rings (SSSR count). The van der Waals surface area contributed by atoms with E-state index in [2.05, 4.69) is 4.98 Å². The van der Waals surface area contributed by atoms with Crippen LogP contribution in [0.2, 0.25) is 0 Å². The fourth-order valence-corrected chi connectivity index (χ4v) is 0.958. The topological polar surface area (TPSA) is 59.4 Å². The zero-order valence-electron chi connectivity index (χ0n) is 8.11. The van der Waals surface area contributed by atoms with Gasteiger partial charge in [-0.3, -0.25) is 4.98 Å². The highest BCUT2D eigenvalue weighted by Gasteiger charge is 2.10. The number of nitrogens with zero attached hydrogens (tertiary/aromatic N) is 1. The van der Waals surface area contributed by atoms with Gasteiger partial charge in [-0.05, 0) is 18.6 Å². The summed E-state index contributed by atoms with van der Waals surface area (Å²) < 4.78 is 5.26. The molecule has 0 radical (unpaired) electrons. The molecule has 0 aromatic carbocycles. The quantitative estimate of drug-likeness (QED) is 0.858. The van der Waals surface area contributed by atoms with Crippen molar-refractivity contribution < 1.29 is 14.6 Å². The van der Waals surface area contributed by atoms with Crippen LogP contribution in [0.25, 0.3) is 0 Å². The number of carbonyl (C=O) groups is 1. The van der Waals surface area contributed by atoms with Crippen LogP contribution in [0.15, 0.2) is 29.6 Å². The molecule has 1 heterocycles. The van der Waals surface area contributed by atoms with Crippen molar-refractivity contribution in [2.45, 2.75) is 6.92 Å². The number of pyridine rings is 1. The minimum absolute atomic E-state index is 0.0902. The molecule has 0 saturated heterocycles. The maximum absolute atomic E-state index is 10.8. The zero-order valence-corrected chi connectivity index (χ0v) is 8.86. The second kappa shape index (κ2) is 5.36. The number of carboxylic acid groups (broad SMARTS) is 1. The highest BCUT2D eigenvalue weighted by molar-refractivity contribution is 6.25. The average Bonchev–Trinajstić information content (AvgIpc) is 2.26. The first-order valence-electron chi connectivity index (χ1n) is 4.21. The summed E-state index contributed by atoms with van der Waals surface area (Å²) in [5.41, 5.74) is 2.28. The van der Waals surface area contributed by atoms with Gasteiger partial charge in [0.2, 0.25) is 0 Å². The molecular weight excluding hydrogens is 218 g/mol. The molecule has 5 heteroatoms. The van der Waals surface area contributed by atoms with Crippen LogP contribution in [0.3, 0.4) is 0 Å². The lowest BCUT2D eigenvalue weighted by molar-refractivity contribution is 0.0692. The molecule has 0 saturated carbocycles. The number of aromatic nitrogens is 1. The number of hydrogen-bond donors (Lipinski definition) is 1. The molecule has 1 aromatic heterocycles. The molecule has 4 nitrogen and oxygen atoms in total. The summed E-state index contributed by atoms with van der Waals surface area (Å²) in [6, 6.07) is 1.39. The van der Waals surface area contributed by atoms with Crippen LogP contribution in [0, 0.1) is 0 Å². The van der Waals surface area contributed by atoms with Gasteiger partial charge in [-0.1, -0.05) is 11.6 Å². The van der Waals surface area contributed by atoms with Crippen LogP contribution in [0.4, 0.5) is 0 Å². The van der Waals surface area contributed by atoms with Crippen molar-refractivity contribution in [3.05, 3.63) is 35.1 Å². The Balaban J connectivity index is 2.80. The first-order chi connectivity index (χ1) is 7.15. The van der Waals surface area contributed by atoms with E-state index in [1.165, 1.54) is 24.0 Å². The van der Waals surface area contributed by atoms with E-state index in [0.717, 1.165) is 5.57 Å². The van der Waals surface area contributed by atoms with Crippen LogP contribution < -0.4 is 4.74 Å². The Bertz CT molecular complexity index is 390. The number of rotatable bonds is 4. The van der Waals surface area contributed by atoms with Gasteiger partial charge >= 0.3 is 5.97 Å². The summed E-state index contributed by atoms with van der Waals surface area (Å²) in [6.07, 6.45) is 2.77. The van der Waals surface area contributed by atoms with E-state index < -0.39 is 5.97 Å².